The highest BCUT2D eigenvalue weighted by atomic mass is 79.9. The number of thiophene rings is 1. The van der Waals surface area contributed by atoms with Gasteiger partial charge in [-0.2, -0.15) is 0 Å². The zero-order chi connectivity index (χ0) is 18.1. The Morgan fingerprint density at radius 2 is 2.12 bits per heavy atom. The Hall–Kier alpha value is -1.15. The van der Waals surface area contributed by atoms with Crippen molar-refractivity contribution in [1.82, 2.24) is 9.97 Å². The molecule has 0 unspecified atom stereocenters. The molecular weight excluding hydrogens is 430 g/mol. The molecular formula is C19H20BrN3OS2. The number of benzene rings is 1. The third-order valence-corrected chi connectivity index (χ3v) is 7.06. The first-order valence-corrected chi connectivity index (χ1v) is 11.3. The Bertz CT molecular complexity index is 927. The molecule has 1 aliphatic heterocycles. The summed E-state index contributed by atoms with van der Waals surface area (Å²) in [6, 6.07) is 8.31. The molecule has 26 heavy (non-hydrogen) atoms. The molecule has 1 aliphatic rings. The van der Waals surface area contributed by atoms with E-state index in [4.69, 9.17) is 15.5 Å². The number of nitrogen functional groups attached to an aromatic ring is 1. The van der Waals surface area contributed by atoms with Gasteiger partial charge in [-0.1, -0.05) is 53.2 Å². The Labute approximate surface area is 169 Å². The van der Waals surface area contributed by atoms with Crippen molar-refractivity contribution in [3.8, 4) is 0 Å². The van der Waals surface area contributed by atoms with Crippen molar-refractivity contribution in [3.63, 3.8) is 0 Å². The summed E-state index contributed by atoms with van der Waals surface area (Å²) in [6.07, 6.45) is 3.42. The second-order valence-corrected chi connectivity index (χ2v) is 9.36. The van der Waals surface area contributed by atoms with Crippen LogP contribution in [0.15, 0.2) is 33.9 Å². The number of fused-ring (bicyclic) bond motifs is 3. The quantitative estimate of drug-likeness (QED) is 0.407. The van der Waals surface area contributed by atoms with Crippen LogP contribution in [-0.2, 0) is 23.5 Å². The first-order chi connectivity index (χ1) is 12.6. The highest BCUT2D eigenvalue weighted by molar-refractivity contribution is 9.10. The van der Waals surface area contributed by atoms with Crippen LogP contribution in [-0.4, -0.2) is 16.1 Å². The van der Waals surface area contributed by atoms with Crippen molar-refractivity contribution in [3.05, 3.63) is 44.7 Å². The summed E-state index contributed by atoms with van der Waals surface area (Å²) >= 11 is 6.78. The van der Waals surface area contributed by atoms with Crippen LogP contribution < -0.4 is 5.73 Å². The third-order valence-electron chi connectivity index (χ3n) is 4.52. The van der Waals surface area contributed by atoms with Crippen LogP contribution in [0.1, 0.15) is 35.8 Å². The van der Waals surface area contributed by atoms with E-state index < -0.39 is 0 Å². The van der Waals surface area contributed by atoms with Crippen LogP contribution in [0.3, 0.4) is 0 Å². The summed E-state index contributed by atoms with van der Waals surface area (Å²) in [6.45, 7) is 2.86. The van der Waals surface area contributed by atoms with Gasteiger partial charge in [-0.05, 0) is 29.7 Å². The maximum atomic E-state index is 6.33. The Balaban J connectivity index is 1.58. The Morgan fingerprint density at radius 1 is 1.31 bits per heavy atom. The average molecular weight is 450 g/mol. The summed E-state index contributed by atoms with van der Waals surface area (Å²) in [5.41, 5.74) is 8.87. The van der Waals surface area contributed by atoms with E-state index in [9.17, 15) is 0 Å². The monoisotopic (exact) mass is 449 g/mol. The molecule has 136 valence electrons. The molecule has 4 rings (SSSR count). The van der Waals surface area contributed by atoms with E-state index in [0.29, 0.717) is 12.4 Å². The number of ether oxygens (including phenoxy) is 1. The Morgan fingerprint density at radius 3 is 2.88 bits per heavy atom. The minimum Gasteiger partial charge on any atom is -0.383 e. The summed E-state index contributed by atoms with van der Waals surface area (Å²) in [5.74, 6) is 1.42. The molecule has 4 nitrogen and oxygen atoms in total. The molecule has 2 aromatic heterocycles. The zero-order valence-electron chi connectivity index (χ0n) is 14.5. The summed E-state index contributed by atoms with van der Waals surface area (Å²) in [7, 11) is 0. The lowest BCUT2D eigenvalue weighted by atomic mass is 10.0. The summed E-state index contributed by atoms with van der Waals surface area (Å²) < 4.78 is 7.06. The van der Waals surface area contributed by atoms with E-state index in [1.165, 1.54) is 16.0 Å². The second-order valence-electron chi connectivity index (χ2n) is 6.42. The van der Waals surface area contributed by atoms with Crippen molar-refractivity contribution in [2.75, 3.05) is 5.73 Å². The molecule has 0 saturated carbocycles. The van der Waals surface area contributed by atoms with Gasteiger partial charge in [0.25, 0.3) is 0 Å². The average Bonchev–Trinajstić information content (AvgIpc) is 3.00. The van der Waals surface area contributed by atoms with Crippen molar-refractivity contribution in [2.45, 2.75) is 49.8 Å². The molecule has 0 radical (unpaired) electrons. The molecule has 0 spiro atoms. The van der Waals surface area contributed by atoms with Gasteiger partial charge in [-0.15, -0.1) is 11.3 Å². The van der Waals surface area contributed by atoms with Crippen molar-refractivity contribution in [2.24, 2.45) is 0 Å². The maximum absolute atomic E-state index is 6.33. The van der Waals surface area contributed by atoms with E-state index in [2.05, 4.69) is 40.0 Å². The van der Waals surface area contributed by atoms with Gasteiger partial charge >= 0.3 is 0 Å². The minimum atomic E-state index is 0.288. The van der Waals surface area contributed by atoms with Gasteiger partial charge in [-0.3, -0.25) is 0 Å². The molecule has 2 N–H and O–H groups in total. The predicted octanol–water partition coefficient (Wildman–Crippen LogP) is 5.57. The molecule has 3 heterocycles. The van der Waals surface area contributed by atoms with Crippen molar-refractivity contribution in [1.29, 1.82) is 0 Å². The fraction of sp³-hybridized carbons (Fsp3) is 0.368. The number of rotatable bonds is 5. The fourth-order valence-corrected chi connectivity index (χ4v) is 5.48. The largest absolute Gasteiger partial charge is 0.383 e. The van der Waals surface area contributed by atoms with Crippen molar-refractivity contribution >= 4 is 55.1 Å². The van der Waals surface area contributed by atoms with Gasteiger partial charge in [0.05, 0.1) is 18.1 Å². The van der Waals surface area contributed by atoms with Crippen LogP contribution in [0, 0.1) is 0 Å². The number of hydrogen-bond acceptors (Lipinski definition) is 6. The molecule has 0 amide bonds. The lowest BCUT2D eigenvalue weighted by Crippen LogP contribution is -2.21. The molecule has 3 aromatic rings. The SMILES string of the molecule is CCC[C@H]1Cc2c(sc3nc(SCc4ccc(Br)cc4)nc(N)c23)CO1. The number of halogens is 1. The number of hydrogen-bond donors (Lipinski definition) is 1. The van der Waals surface area contributed by atoms with Gasteiger partial charge in [0.1, 0.15) is 10.6 Å². The highest BCUT2D eigenvalue weighted by Gasteiger charge is 2.25. The van der Waals surface area contributed by atoms with Gasteiger partial charge in [-0.25, -0.2) is 9.97 Å². The molecule has 7 heteroatoms. The van der Waals surface area contributed by atoms with Crippen LogP contribution >= 0.6 is 39.0 Å². The summed E-state index contributed by atoms with van der Waals surface area (Å²) in [5, 5.41) is 1.78. The van der Waals surface area contributed by atoms with Gasteiger partial charge in [0.15, 0.2) is 5.16 Å². The number of nitrogens with zero attached hydrogens (tertiary/aromatic N) is 2. The van der Waals surface area contributed by atoms with E-state index in [1.54, 1.807) is 23.1 Å². The minimum absolute atomic E-state index is 0.288. The highest BCUT2D eigenvalue weighted by Crippen LogP contribution is 2.39. The van der Waals surface area contributed by atoms with Crippen LogP contribution in [0.25, 0.3) is 10.2 Å². The first-order valence-electron chi connectivity index (χ1n) is 8.70. The van der Waals surface area contributed by atoms with E-state index in [1.807, 2.05) is 12.1 Å². The maximum Gasteiger partial charge on any atom is 0.191 e. The third kappa shape index (κ3) is 3.76. The topological polar surface area (TPSA) is 61.0 Å². The number of aromatic nitrogens is 2. The van der Waals surface area contributed by atoms with Gasteiger partial charge in [0.2, 0.25) is 0 Å². The smallest absolute Gasteiger partial charge is 0.191 e. The number of nitrogens with two attached hydrogens (primary N) is 1. The van der Waals surface area contributed by atoms with E-state index in [-0.39, 0.29) is 6.10 Å². The molecule has 0 saturated heterocycles. The molecule has 0 aliphatic carbocycles. The van der Waals surface area contributed by atoms with Crippen molar-refractivity contribution < 1.29 is 4.74 Å². The van der Waals surface area contributed by atoms with Gasteiger partial charge < -0.3 is 10.5 Å². The van der Waals surface area contributed by atoms with E-state index >= 15 is 0 Å². The van der Waals surface area contributed by atoms with E-state index in [0.717, 1.165) is 44.9 Å². The van der Waals surface area contributed by atoms with Gasteiger partial charge in [0, 0.05) is 21.5 Å². The first kappa shape index (κ1) is 18.2. The zero-order valence-corrected chi connectivity index (χ0v) is 17.7. The normalized spacial score (nSPS) is 16.8. The predicted molar refractivity (Wildman–Crippen MR) is 113 cm³/mol. The summed E-state index contributed by atoms with van der Waals surface area (Å²) in [4.78, 5) is 11.6. The lowest BCUT2D eigenvalue weighted by molar-refractivity contribution is 0.0254. The van der Waals surface area contributed by atoms with Crippen LogP contribution in [0.5, 0.6) is 0 Å². The Kier molecular flexibility index (Phi) is 5.50. The second kappa shape index (κ2) is 7.84. The number of thioether (sulfide) groups is 1. The molecule has 1 atom stereocenters. The molecule has 0 fully saturated rings. The lowest BCUT2D eigenvalue weighted by Gasteiger charge is -2.22. The van der Waals surface area contributed by atoms with Crippen LogP contribution in [0.2, 0.25) is 0 Å². The fourth-order valence-electron chi connectivity index (χ4n) is 3.22. The standard InChI is InChI=1S/C19H20BrN3OS2/c1-2-3-13-8-14-15(9-24-13)26-18-16(14)17(21)22-19(23-18)25-10-11-4-6-12(20)7-5-11/h4-7,13H,2-3,8-10H2,1H3,(H2,21,22,23)/t13-/m0/s1. The van der Waals surface area contributed by atoms with Crippen LogP contribution in [0.4, 0.5) is 5.82 Å². The molecule has 0 bridgehead atoms. The number of anilines is 1. The molecule has 1 aromatic carbocycles.